The highest BCUT2D eigenvalue weighted by atomic mass is 16.2. The van der Waals surface area contributed by atoms with Crippen LogP contribution in [0, 0.1) is 5.92 Å². The molecular formula is C12H18N2O2. The zero-order valence-electron chi connectivity index (χ0n) is 9.61. The Bertz CT molecular complexity index is 323. The average molecular weight is 222 g/mol. The van der Waals surface area contributed by atoms with Gasteiger partial charge in [0.25, 0.3) is 0 Å². The molecule has 88 valence electrons. The highest BCUT2D eigenvalue weighted by Gasteiger charge is 2.42. The van der Waals surface area contributed by atoms with Gasteiger partial charge in [-0.2, -0.15) is 0 Å². The van der Waals surface area contributed by atoms with Crippen LogP contribution in [-0.4, -0.2) is 35.3 Å². The summed E-state index contributed by atoms with van der Waals surface area (Å²) < 4.78 is 0. The summed E-state index contributed by atoms with van der Waals surface area (Å²) >= 11 is 0. The molecule has 0 spiro atoms. The fourth-order valence-corrected chi connectivity index (χ4v) is 2.23. The Hall–Kier alpha value is -1.32. The maximum atomic E-state index is 12.2. The number of hydrogen-bond donors (Lipinski definition) is 1. The minimum Gasteiger partial charge on any atom is -0.344 e. The van der Waals surface area contributed by atoms with E-state index < -0.39 is 0 Å². The highest BCUT2D eigenvalue weighted by Crippen LogP contribution is 2.34. The van der Waals surface area contributed by atoms with Gasteiger partial charge in [0.2, 0.25) is 11.8 Å². The summed E-state index contributed by atoms with van der Waals surface area (Å²) in [6.45, 7) is 6.10. The molecular weight excluding hydrogens is 204 g/mol. The van der Waals surface area contributed by atoms with Crippen LogP contribution in [0.5, 0.6) is 0 Å². The van der Waals surface area contributed by atoms with Gasteiger partial charge < -0.3 is 10.2 Å². The second-order valence-electron chi connectivity index (χ2n) is 4.72. The number of carbonyl (C=O) groups is 2. The molecule has 1 aliphatic heterocycles. The van der Waals surface area contributed by atoms with Crippen molar-refractivity contribution >= 4 is 11.8 Å². The Morgan fingerprint density at radius 3 is 2.75 bits per heavy atom. The van der Waals surface area contributed by atoms with Crippen LogP contribution in [0.25, 0.3) is 0 Å². The largest absolute Gasteiger partial charge is 0.344 e. The molecule has 2 rings (SSSR count). The maximum Gasteiger partial charge on any atom is 0.245 e. The summed E-state index contributed by atoms with van der Waals surface area (Å²) in [5.74, 6) is 0.402. The van der Waals surface area contributed by atoms with E-state index in [1.807, 2.05) is 6.92 Å². The van der Waals surface area contributed by atoms with Gasteiger partial charge in [0.15, 0.2) is 0 Å². The second kappa shape index (κ2) is 4.28. The molecule has 1 N–H and O–H groups in total. The van der Waals surface area contributed by atoms with Crippen molar-refractivity contribution in [2.75, 3.05) is 6.54 Å². The van der Waals surface area contributed by atoms with Gasteiger partial charge in [0, 0.05) is 19.0 Å². The third kappa shape index (κ3) is 2.10. The molecule has 2 amide bonds. The van der Waals surface area contributed by atoms with E-state index in [1.54, 1.807) is 11.0 Å². The quantitative estimate of drug-likeness (QED) is 0.714. The van der Waals surface area contributed by atoms with E-state index in [0.29, 0.717) is 18.9 Å². The van der Waals surface area contributed by atoms with Crippen LogP contribution in [0.2, 0.25) is 0 Å². The Kier molecular flexibility index (Phi) is 2.99. The summed E-state index contributed by atoms with van der Waals surface area (Å²) in [6.07, 6.45) is 4.21. The Labute approximate surface area is 95.7 Å². The van der Waals surface area contributed by atoms with E-state index >= 15 is 0 Å². The van der Waals surface area contributed by atoms with Gasteiger partial charge in [-0.25, -0.2) is 0 Å². The highest BCUT2D eigenvalue weighted by molar-refractivity contribution is 5.91. The Morgan fingerprint density at radius 2 is 2.19 bits per heavy atom. The van der Waals surface area contributed by atoms with Crippen LogP contribution in [0.1, 0.15) is 26.2 Å². The molecule has 4 heteroatoms. The minimum atomic E-state index is -0.294. The summed E-state index contributed by atoms with van der Waals surface area (Å²) in [4.78, 5) is 25.6. The topological polar surface area (TPSA) is 49.4 Å². The van der Waals surface area contributed by atoms with Gasteiger partial charge in [-0.05, 0) is 25.7 Å². The van der Waals surface area contributed by atoms with Crippen molar-refractivity contribution in [1.82, 2.24) is 10.2 Å². The predicted octanol–water partition coefficient (Wildman–Crippen LogP) is 0.688. The lowest BCUT2D eigenvalue weighted by Crippen LogP contribution is -2.47. The molecule has 0 radical (unpaired) electrons. The molecule has 2 unspecified atom stereocenters. The number of carbonyl (C=O) groups excluding carboxylic acids is 2. The summed E-state index contributed by atoms with van der Waals surface area (Å²) in [5.41, 5.74) is 0. The predicted molar refractivity (Wildman–Crippen MR) is 60.6 cm³/mol. The first-order valence-electron chi connectivity index (χ1n) is 5.84. The van der Waals surface area contributed by atoms with Gasteiger partial charge >= 0.3 is 0 Å². The lowest BCUT2D eigenvalue weighted by atomic mass is 10.1. The molecule has 2 aliphatic rings. The van der Waals surface area contributed by atoms with Crippen molar-refractivity contribution in [3.63, 3.8) is 0 Å². The van der Waals surface area contributed by atoms with Crippen LogP contribution in [-0.2, 0) is 9.59 Å². The lowest BCUT2D eigenvalue weighted by Gasteiger charge is -2.27. The summed E-state index contributed by atoms with van der Waals surface area (Å²) in [7, 11) is 0. The zero-order valence-corrected chi connectivity index (χ0v) is 9.61. The van der Waals surface area contributed by atoms with Gasteiger partial charge in [0.05, 0.1) is 0 Å². The maximum absolute atomic E-state index is 12.2. The number of nitrogens with one attached hydrogen (secondary N) is 1. The van der Waals surface area contributed by atoms with E-state index in [-0.39, 0.29) is 23.9 Å². The first-order chi connectivity index (χ1) is 7.63. The molecule has 16 heavy (non-hydrogen) atoms. The first kappa shape index (κ1) is 11.2. The van der Waals surface area contributed by atoms with Crippen LogP contribution >= 0.6 is 0 Å². The van der Waals surface area contributed by atoms with Crippen LogP contribution in [0.4, 0.5) is 0 Å². The third-order valence-electron chi connectivity index (χ3n) is 3.30. The fourth-order valence-electron chi connectivity index (χ4n) is 2.23. The molecule has 0 aromatic carbocycles. The van der Waals surface area contributed by atoms with E-state index in [2.05, 4.69) is 11.9 Å². The average Bonchev–Trinajstić information content (AvgIpc) is 3.04. The molecule has 0 bridgehead atoms. The van der Waals surface area contributed by atoms with Crippen molar-refractivity contribution in [3.05, 3.63) is 12.7 Å². The van der Waals surface area contributed by atoms with E-state index in [4.69, 9.17) is 0 Å². The standard InChI is InChI=1S/C12H18N2O2/c1-3-6-14-8(2)7-10(15)13-11(12(14)16)9-4-5-9/h3,8-9,11H,1,4-7H2,2H3,(H,13,15). The van der Waals surface area contributed by atoms with Gasteiger partial charge in [0.1, 0.15) is 6.04 Å². The molecule has 0 aromatic rings. The van der Waals surface area contributed by atoms with Gasteiger partial charge in [-0.15, -0.1) is 6.58 Å². The Morgan fingerprint density at radius 1 is 1.50 bits per heavy atom. The van der Waals surface area contributed by atoms with Crippen LogP contribution in [0.3, 0.4) is 0 Å². The number of amides is 2. The first-order valence-corrected chi connectivity index (χ1v) is 5.84. The number of hydrogen-bond acceptors (Lipinski definition) is 2. The van der Waals surface area contributed by atoms with E-state index in [9.17, 15) is 9.59 Å². The molecule has 1 saturated carbocycles. The van der Waals surface area contributed by atoms with Crippen LogP contribution in [0.15, 0.2) is 12.7 Å². The molecule has 1 saturated heterocycles. The molecule has 1 aliphatic carbocycles. The van der Waals surface area contributed by atoms with E-state index in [0.717, 1.165) is 12.8 Å². The molecule has 2 atom stereocenters. The monoisotopic (exact) mass is 222 g/mol. The SMILES string of the molecule is C=CCN1C(=O)C(C2CC2)NC(=O)CC1C. The van der Waals surface area contributed by atoms with E-state index in [1.165, 1.54) is 0 Å². The summed E-state index contributed by atoms with van der Waals surface area (Å²) in [5, 5.41) is 2.84. The molecule has 1 heterocycles. The minimum absolute atomic E-state index is 0.00990. The second-order valence-corrected chi connectivity index (χ2v) is 4.72. The van der Waals surface area contributed by atoms with Crippen molar-refractivity contribution in [2.24, 2.45) is 5.92 Å². The third-order valence-corrected chi connectivity index (χ3v) is 3.30. The molecule has 2 fully saturated rings. The van der Waals surface area contributed by atoms with Crippen molar-refractivity contribution in [1.29, 1.82) is 0 Å². The van der Waals surface area contributed by atoms with Crippen molar-refractivity contribution in [2.45, 2.75) is 38.3 Å². The van der Waals surface area contributed by atoms with Gasteiger partial charge in [-0.1, -0.05) is 6.08 Å². The smallest absolute Gasteiger partial charge is 0.245 e. The fraction of sp³-hybridized carbons (Fsp3) is 0.667. The van der Waals surface area contributed by atoms with Crippen molar-refractivity contribution in [3.8, 4) is 0 Å². The zero-order chi connectivity index (χ0) is 11.7. The van der Waals surface area contributed by atoms with Crippen molar-refractivity contribution < 1.29 is 9.59 Å². The van der Waals surface area contributed by atoms with Gasteiger partial charge in [-0.3, -0.25) is 9.59 Å². The summed E-state index contributed by atoms with van der Waals surface area (Å²) in [6, 6.07) is -0.327. The molecule has 0 aromatic heterocycles. The lowest BCUT2D eigenvalue weighted by molar-refractivity contribution is -0.134. The molecule has 4 nitrogen and oxygen atoms in total. The number of nitrogens with zero attached hydrogens (tertiary/aromatic N) is 1. The number of rotatable bonds is 3. The normalized spacial score (nSPS) is 30.9. The Balaban J connectivity index is 2.18. The van der Waals surface area contributed by atoms with Crippen LogP contribution < -0.4 is 5.32 Å².